The van der Waals surface area contributed by atoms with Crippen molar-refractivity contribution in [3.05, 3.63) is 23.8 Å². The van der Waals surface area contributed by atoms with Gasteiger partial charge in [-0.25, -0.2) is 0 Å². The quantitative estimate of drug-likeness (QED) is 0.676. The average molecular weight is 431 g/mol. The number of benzene rings is 1. The minimum Gasteiger partial charge on any atom is -0.508 e. The molecule has 2 fully saturated rings. The van der Waals surface area contributed by atoms with Crippen molar-refractivity contribution in [3.8, 4) is 11.5 Å². The van der Waals surface area contributed by atoms with E-state index in [1.807, 2.05) is 11.0 Å². The van der Waals surface area contributed by atoms with Crippen molar-refractivity contribution < 1.29 is 24.2 Å². The van der Waals surface area contributed by atoms with E-state index in [9.17, 15) is 14.7 Å². The zero-order chi connectivity index (χ0) is 22.2. The number of phenols is 1. The number of fused-ring (bicyclic) bond motifs is 4. The number of unbranched alkanes of at least 4 members (excludes halogenated alkanes) is 2. The van der Waals surface area contributed by atoms with Crippen molar-refractivity contribution in [1.82, 2.24) is 10.2 Å². The van der Waals surface area contributed by atoms with Gasteiger partial charge in [0.15, 0.2) is 0 Å². The molecule has 1 aromatic carbocycles. The zero-order valence-corrected chi connectivity index (χ0v) is 18.7. The SMILES string of the molecule is CC(=O)NCCCCCC(=O)N1CC[C@@H]2O[C@@H]3c4cc(O)ccc4OC(C)(C)[C@H]3C[C@H]21. The fourth-order valence-electron chi connectivity index (χ4n) is 5.37. The maximum Gasteiger partial charge on any atom is 0.222 e. The Balaban J connectivity index is 1.39. The summed E-state index contributed by atoms with van der Waals surface area (Å²) < 4.78 is 12.8. The van der Waals surface area contributed by atoms with Crippen molar-refractivity contribution in [2.45, 2.75) is 83.1 Å². The molecule has 3 aliphatic heterocycles. The number of ether oxygens (including phenoxy) is 2. The second kappa shape index (κ2) is 8.69. The van der Waals surface area contributed by atoms with Gasteiger partial charge < -0.3 is 24.8 Å². The lowest BCUT2D eigenvalue weighted by atomic mass is 9.74. The normalized spacial score (nSPS) is 28.2. The molecule has 0 aliphatic carbocycles. The Morgan fingerprint density at radius 3 is 2.84 bits per heavy atom. The van der Waals surface area contributed by atoms with Crippen LogP contribution in [0.25, 0.3) is 0 Å². The van der Waals surface area contributed by atoms with E-state index < -0.39 is 5.60 Å². The molecule has 0 unspecified atom stereocenters. The number of nitrogens with zero attached hydrogens (tertiary/aromatic N) is 1. The summed E-state index contributed by atoms with van der Waals surface area (Å²) >= 11 is 0. The number of rotatable bonds is 6. The van der Waals surface area contributed by atoms with Gasteiger partial charge in [-0.2, -0.15) is 0 Å². The number of hydrogen-bond donors (Lipinski definition) is 2. The van der Waals surface area contributed by atoms with Gasteiger partial charge in [0.05, 0.1) is 18.2 Å². The number of nitrogens with one attached hydrogen (secondary N) is 1. The molecule has 0 bridgehead atoms. The summed E-state index contributed by atoms with van der Waals surface area (Å²) in [4.78, 5) is 25.9. The van der Waals surface area contributed by atoms with Crippen molar-refractivity contribution in [2.75, 3.05) is 13.1 Å². The Hall–Kier alpha value is -2.28. The van der Waals surface area contributed by atoms with Crippen LogP contribution in [0.1, 0.15) is 71.0 Å². The first-order valence-corrected chi connectivity index (χ1v) is 11.5. The number of likely N-dealkylation sites (tertiary alicyclic amines) is 1. The monoisotopic (exact) mass is 430 g/mol. The lowest BCUT2D eigenvalue weighted by Crippen LogP contribution is -2.54. The fourth-order valence-corrected chi connectivity index (χ4v) is 5.37. The predicted octanol–water partition coefficient (Wildman–Crippen LogP) is 3.31. The van der Waals surface area contributed by atoms with E-state index in [-0.39, 0.29) is 41.7 Å². The number of phenolic OH excluding ortho intramolecular Hbond substituents is 1. The van der Waals surface area contributed by atoms with Gasteiger partial charge in [0.25, 0.3) is 0 Å². The highest BCUT2D eigenvalue weighted by Crippen LogP contribution is 2.53. The third-order valence-corrected chi connectivity index (χ3v) is 6.99. The smallest absolute Gasteiger partial charge is 0.222 e. The summed E-state index contributed by atoms with van der Waals surface area (Å²) in [6, 6.07) is 5.29. The first-order valence-electron chi connectivity index (χ1n) is 11.5. The highest BCUT2D eigenvalue weighted by atomic mass is 16.5. The Morgan fingerprint density at radius 1 is 1.26 bits per heavy atom. The highest BCUT2D eigenvalue weighted by Gasteiger charge is 2.53. The summed E-state index contributed by atoms with van der Waals surface area (Å²) in [5, 5.41) is 12.8. The highest BCUT2D eigenvalue weighted by molar-refractivity contribution is 5.77. The van der Waals surface area contributed by atoms with Crippen LogP contribution < -0.4 is 10.1 Å². The molecule has 2 N–H and O–H groups in total. The first-order chi connectivity index (χ1) is 14.8. The maximum atomic E-state index is 12.9. The van der Waals surface area contributed by atoms with Crippen molar-refractivity contribution >= 4 is 11.8 Å². The van der Waals surface area contributed by atoms with E-state index >= 15 is 0 Å². The predicted molar refractivity (Wildman–Crippen MR) is 116 cm³/mol. The standard InChI is InChI=1S/C24H34N2O5/c1-15(27)25-11-6-4-5-7-22(29)26-12-10-21-19(26)14-18-23(30-21)17-13-16(28)8-9-20(17)31-24(18,2)3/h8-9,13,18-19,21,23,28H,4-7,10-12,14H2,1-3H3,(H,25,27)/t18-,19+,21-,23+/m0/s1. The van der Waals surface area contributed by atoms with Gasteiger partial charge in [0.2, 0.25) is 11.8 Å². The summed E-state index contributed by atoms with van der Waals surface area (Å²) in [6.45, 7) is 7.08. The molecule has 0 radical (unpaired) electrons. The molecular weight excluding hydrogens is 396 g/mol. The molecule has 7 heteroatoms. The Bertz CT molecular complexity index is 839. The zero-order valence-electron chi connectivity index (χ0n) is 18.7. The van der Waals surface area contributed by atoms with Crippen LogP contribution in [0.2, 0.25) is 0 Å². The molecule has 2 amide bonds. The van der Waals surface area contributed by atoms with E-state index in [2.05, 4.69) is 19.2 Å². The van der Waals surface area contributed by atoms with E-state index in [0.717, 1.165) is 50.0 Å². The summed E-state index contributed by atoms with van der Waals surface area (Å²) in [7, 11) is 0. The molecule has 170 valence electrons. The van der Waals surface area contributed by atoms with Crippen LogP contribution in [0.4, 0.5) is 0 Å². The van der Waals surface area contributed by atoms with Gasteiger partial charge >= 0.3 is 0 Å². The van der Waals surface area contributed by atoms with Crippen molar-refractivity contribution in [3.63, 3.8) is 0 Å². The van der Waals surface area contributed by atoms with Crippen LogP contribution in [0, 0.1) is 5.92 Å². The lowest BCUT2D eigenvalue weighted by molar-refractivity contribution is -0.167. The minimum absolute atomic E-state index is 0.0118. The molecule has 0 saturated carbocycles. The molecule has 4 atom stereocenters. The van der Waals surface area contributed by atoms with Gasteiger partial charge in [-0.1, -0.05) is 6.42 Å². The second-order valence-corrected chi connectivity index (χ2v) is 9.60. The van der Waals surface area contributed by atoms with Crippen LogP contribution in [0.15, 0.2) is 18.2 Å². The molecule has 2 saturated heterocycles. The molecule has 31 heavy (non-hydrogen) atoms. The lowest BCUT2D eigenvalue weighted by Gasteiger charge is -2.50. The van der Waals surface area contributed by atoms with Crippen LogP contribution >= 0.6 is 0 Å². The first kappa shape index (κ1) is 21.9. The Morgan fingerprint density at radius 2 is 2.06 bits per heavy atom. The van der Waals surface area contributed by atoms with Gasteiger partial charge in [0, 0.05) is 37.9 Å². The molecule has 0 aromatic heterocycles. The average Bonchev–Trinajstić information content (AvgIpc) is 3.13. The van der Waals surface area contributed by atoms with Crippen LogP contribution in [0.5, 0.6) is 11.5 Å². The van der Waals surface area contributed by atoms with Gasteiger partial charge in [-0.15, -0.1) is 0 Å². The Kier molecular flexibility index (Phi) is 6.15. The topological polar surface area (TPSA) is 88.1 Å². The maximum absolute atomic E-state index is 12.9. The van der Waals surface area contributed by atoms with Crippen LogP contribution in [-0.4, -0.2) is 52.7 Å². The summed E-state index contributed by atoms with van der Waals surface area (Å²) in [5.41, 5.74) is 0.493. The van der Waals surface area contributed by atoms with Crippen molar-refractivity contribution in [2.24, 2.45) is 5.92 Å². The molecule has 1 aromatic rings. The van der Waals surface area contributed by atoms with E-state index in [0.29, 0.717) is 13.0 Å². The number of aromatic hydroxyl groups is 1. The second-order valence-electron chi connectivity index (χ2n) is 9.60. The largest absolute Gasteiger partial charge is 0.508 e. The molecule has 4 rings (SSSR count). The number of amides is 2. The van der Waals surface area contributed by atoms with E-state index in [1.165, 1.54) is 6.92 Å². The molecule has 0 spiro atoms. The van der Waals surface area contributed by atoms with Gasteiger partial charge in [0.1, 0.15) is 17.1 Å². The van der Waals surface area contributed by atoms with Crippen molar-refractivity contribution in [1.29, 1.82) is 0 Å². The molecular formula is C24H34N2O5. The molecule has 3 aliphatic rings. The van der Waals surface area contributed by atoms with Gasteiger partial charge in [-0.05, 0) is 57.7 Å². The van der Waals surface area contributed by atoms with Crippen LogP contribution in [0.3, 0.4) is 0 Å². The van der Waals surface area contributed by atoms with E-state index in [1.54, 1.807) is 12.1 Å². The third kappa shape index (κ3) is 4.52. The van der Waals surface area contributed by atoms with E-state index in [4.69, 9.17) is 9.47 Å². The molecule has 3 heterocycles. The minimum atomic E-state index is -0.416. The number of carbonyl (C=O) groups excluding carboxylic acids is 2. The number of carbonyl (C=O) groups is 2. The summed E-state index contributed by atoms with van der Waals surface area (Å²) in [5.74, 6) is 1.28. The third-order valence-electron chi connectivity index (χ3n) is 6.99. The van der Waals surface area contributed by atoms with Crippen LogP contribution in [-0.2, 0) is 14.3 Å². The van der Waals surface area contributed by atoms with Gasteiger partial charge in [-0.3, -0.25) is 9.59 Å². The number of hydrogen-bond acceptors (Lipinski definition) is 5. The summed E-state index contributed by atoms with van der Waals surface area (Å²) in [6.07, 6.45) is 4.77. The molecule has 7 nitrogen and oxygen atoms in total. The Labute approximate surface area is 184 Å². The fraction of sp³-hybridized carbons (Fsp3) is 0.667.